The Labute approximate surface area is 204 Å². The molecule has 184 valence electrons. The summed E-state index contributed by atoms with van der Waals surface area (Å²) in [4.78, 5) is 17.2. The molecule has 1 saturated heterocycles. The number of nitrogens with zero attached hydrogens (tertiary/aromatic N) is 2. The Morgan fingerprint density at radius 2 is 1.63 bits per heavy atom. The van der Waals surface area contributed by atoms with Gasteiger partial charge in [-0.2, -0.15) is 4.31 Å². The molecule has 1 fully saturated rings. The number of ether oxygens (including phenoxy) is 3. The van der Waals surface area contributed by atoms with E-state index in [1.807, 2.05) is 13.8 Å². The molecule has 9 nitrogen and oxygen atoms in total. The van der Waals surface area contributed by atoms with E-state index in [0.29, 0.717) is 22.7 Å². The van der Waals surface area contributed by atoms with E-state index < -0.39 is 15.9 Å². The van der Waals surface area contributed by atoms with Crippen LogP contribution in [0.25, 0.3) is 0 Å². The third-order valence-electron chi connectivity index (χ3n) is 5.43. The second kappa shape index (κ2) is 10.4. The highest BCUT2D eigenvalue weighted by Gasteiger charge is 2.32. The number of morpholine rings is 1. The zero-order valence-electron chi connectivity index (χ0n) is 19.7. The fourth-order valence-corrected chi connectivity index (χ4v) is 5.36. The first-order valence-electron chi connectivity index (χ1n) is 11.1. The maximum Gasteiger partial charge on any atom is 0.255 e. The Hall–Kier alpha value is -3.47. The van der Waals surface area contributed by atoms with Crippen LogP contribution in [0.3, 0.4) is 0 Å². The minimum Gasteiger partial charge on any atom is -0.497 e. The predicted molar refractivity (Wildman–Crippen MR) is 130 cm³/mol. The van der Waals surface area contributed by atoms with Crippen LogP contribution in [0.5, 0.6) is 17.4 Å². The minimum absolute atomic E-state index is 0.125. The maximum atomic E-state index is 13.0. The average Bonchev–Trinajstić information content (AvgIpc) is 2.85. The van der Waals surface area contributed by atoms with E-state index >= 15 is 0 Å². The molecule has 2 heterocycles. The van der Waals surface area contributed by atoms with Crippen LogP contribution in [0, 0.1) is 0 Å². The highest BCUT2D eigenvalue weighted by Crippen LogP contribution is 2.29. The zero-order valence-corrected chi connectivity index (χ0v) is 20.5. The Balaban J connectivity index is 1.47. The van der Waals surface area contributed by atoms with Crippen LogP contribution >= 0.6 is 0 Å². The van der Waals surface area contributed by atoms with Gasteiger partial charge in [-0.15, -0.1) is 0 Å². The molecule has 2 aromatic carbocycles. The van der Waals surface area contributed by atoms with Gasteiger partial charge in [0.15, 0.2) is 0 Å². The summed E-state index contributed by atoms with van der Waals surface area (Å²) in [7, 11) is -2.12. The monoisotopic (exact) mass is 497 g/mol. The lowest BCUT2D eigenvalue weighted by Crippen LogP contribution is -2.48. The maximum absolute atomic E-state index is 13.0. The number of anilines is 1. The van der Waals surface area contributed by atoms with Gasteiger partial charge in [-0.05, 0) is 74.5 Å². The van der Waals surface area contributed by atoms with Crippen molar-refractivity contribution in [3.63, 3.8) is 0 Å². The summed E-state index contributed by atoms with van der Waals surface area (Å²) in [6, 6.07) is 16.2. The van der Waals surface area contributed by atoms with Gasteiger partial charge in [0.2, 0.25) is 15.9 Å². The SMILES string of the molecule is COc1ccc(Oc2ncccc2NC(=O)c2ccc(S(=O)(=O)N3CC(C)OC(C)C3)cc2)cc1. The van der Waals surface area contributed by atoms with Crippen LogP contribution in [-0.2, 0) is 14.8 Å². The first kappa shape index (κ1) is 24.6. The molecule has 0 saturated carbocycles. The first-order valence-corrected chi connectivity index (χ1v) is 12.5. The van der Waals surface area contributed by atoms with Gasteiger partial charge in [0.25, 0.3) is 5.91 Å². The number of carbonyl (C=O) groups excluding carboxylic acids is 1. The lowest BCUT2D eigenvalue weighted by Gasteiger charge is -2.34. The molecule has 1 aliphatic heterocycles. The number of aromatic nitrogens is 1. The van der Waals surface area contributed by atoms with Crippen molar-refractivity contribution >= 4 is 21.6 Å². The number of pyridine rings is 1. The van der Waals surface area contributed by atoms with Crippen LogP contribution in [0.4, 0.5) is 5.69 Å². The van der Waals surface area contributed by atoms with E-state index in [0.717, 1.165) is 0 Å². The molecule has 3 aromatic rings. The molecule has 2 unspecified atom stereocenters. The van der Waals surface area contributed by atoms with Gasteiger partial charge in [-0.25, -0.2) is 13.4 Å². The van der Waals surface area contributed by atoms with E-state index in [-0.39, 0.29) is 36.1 Å². The van der Waals surface area contributed by atoms with E-state index in [1.165, 1.54) is 28.6 Å². The van der Waals surface area contributed by atoms with Gasteiger partial charge in [-0.1, -0.05) is 0 Å². The lowest BCUT2D eigenvalue weighted by atomic mass is 10.2. The number of hydrogen-bond acceptors (Lipinski definition) is 7. The zero-order chi connectivity index (χ0) is 25.0. The van der Waals surface area contributed by atoms with Crippen molar-refractivity contribution in [1.82, 2.24) is 9.29 Å². The quantitative estimate of drug-likeness (QED) is 0.527. The molecular weight excluding hydrogens is 470 g/mol. The molecule has 35 heavy (non-hydrogen) atoms. The van der Waals surface area contributed by atoms with Gasteiger partial charge in [0.1, 0.15) is 17.2 Å². The van der Waals surface area contributed by atoms with Crippen molar-refractivity contribution in [3.8, 4) is 17.4 Å². The number of methoxy groups -OCH3 is 1. The molecule has 1 amide bonds. The summed E-state index contributed by atoms with van der Waals surface area (Å²) in [5, 5.41) is 2.78. The summed E-state index contributed by atoms with van der Waals surface area (Å²) in [5.41, 5.74) is 0.674. The summed E-state index contributed by atoms with van der Waals surface area (Å²) < 4.78 is 44.1. The summed E-state index contributed by atoms with van der Waals surface area (Å²) in [6.45, 7) is 4.26. The van der Waals surface area contributed by atoms with Gasteiger partial charge >= 0.3 is 0 Å². The number of nitrogens with one attached hydrogen (secondary N) is 1. The van der Waals surface area contributed by atoms with Crippen molar-refractivity contribution in [3.05, 3.63) is 72.4 Å². The second-order valence-corrected chi connectivity index (χ2v) is 10.1. The highest BCUT2D eigenvalue weighted by atomic mass is 32.2. The van der Waals surface area contributed by atoms with Gasteiger partial charge < -0.3 is 19.5 Å². The van der Waals surface area contributed by atoms with Gasteiger partial charge in [0, 0.05) is 24.8 Å². The second-order valence-electron chi connectivity index (χ2n) is 8.19. The summed E-state index contributed by atoms with van der Waals surface area (Å²) in [5.74, 6) is 1.02. The summed E-state index contributed by atoms with van der Waals surface area (Å²) >= 11 is 0. The molecule has 0 aliphatic carbocycles. The molecule has 1 aliphatic rings. The smallest absolute Gasteiger partial charge is 0.255 e. The third-order valence-corrected chi connectivity index (χ3v) is 7.28. The van der Waals surface area contributed by atoms with Crippen LogP contribution in [0.2, 0.25) is 0 Å². The Morgan fingerprint density at radius 3 is 2.26 bits per heavy atom. The van der Waals surface area contributed by atoms with E-state index in [1.54, 1.807) is 49.7 Å². The van der Waals surface area contributed by atoms with E-state index in [4.69, 9.17) is 14.2 Å². The van der Waals surface area contributed by atoms with Crippen molar-refractivity contribution < 1.29 is 27.4 Å². The molecule has 0 spiro atoms. The van der Waals surface area contributed by atoms with Crippen molar-refractivity contribution in [2.24, 2.45) is 0 Å². The van der Waals surface area contributed by atoms with Gasteiger partial charge in [0.05, 0.1) is 24.2 Å². The largest absolute Gasteiger partial charge is 0.497 e. The fraction of sp³-hybridized carbons (Fsp3) is 0.280. The number of amides is 1. The molecule has 1 N–H and O–H groups in total. The molecule has 0 radical (unpaired) electrons. The lowest BCUT2D eigenvalue weighted by molar-refractivity contribution is -0.0440. The van der Waals surface area contributed by atoms with Crippen LogP contribution in [0.1, 0.15) is 24.2 Å². The summed E-state index contributed by atoms with van der Waals surface area (Å²) in [6.07, 6.45) is 1.18. The Bertz CT molecular complexity index is 1270. The van der Waals surface area contributed by atoms with Crippen molar-refractivity contribution in [2.45, 2.75) is 31.0 Å². The number of hydrogen-bond donors (Lipinski definition) is 1. The van der Waals surface area contributed by atoms with Crippen molar-refractivity contribution in [1.29, 1.82) is 0 Å². The first-order chi connectivity index (χ1) is 16.8. The third kappa shape index (κ3) is 5.79. The van der Waals surface area contributed by atoms with Crippen LogP contribution in [0.15, 0.2) is 71.8 Å². The standard InChI is InChI=1S/C25H27N3O6S/c1-17-15-28(16-18(2)33-17)35(30,31)22-12-6-19(7-13-22)24(29)27-23-5-4-14-26-25(23)34-21-10-8-20(32-3)9-11-21/h4-14,17-18H,15-16H2,1-3H3,(H,27,29). The normalized spacial score (nSPS) is 18.6. The molecule has 4 rings (SSSR count). The van der Waals surface area contributed by atoms with Crippen LogP contribution < -0.4 is 14.8 Å². The number of sulfonamides is 1. The number of carbonyl (C=O) groups is 1. The molecule has 2 atom stereocenters. The number of benzene rings is 2. The van der Waals surface area contributed by atoms with Crippen molar-refractivity contribution in [2.75, 3.05) is 25.5 Å². The number of rotatable bonds is 7. The molecule has 0 bridgehead atoms. The van der Waals surface area contributed by atoms with Gasteiger partial charge in [-0.3, -0.25) is 4.79 Å². The molecular formula is C25H27N3O6S. The van der Waals surface area contributed by atoms with E-state index in [2.05, 4.69) is 10.3 Å². The predicted octanol–water partition coefficient (Wildman–Crippen LogP) is 3.93. The van der Waals surface area contributed by atoms with Crippen LogP contribution in [-0.4, -0.2) is 56.0 Å². The Morgan fingerprint density at radius 1 is 1.00 bits per heavy atom. The Kier molecular flexibility index (Phi) is 7.34. The average molecular weight is 498 g/mol. The molecule has 10 heteroatoms. The highest BCUT2D eigenvalue weighted by molar-refractivity contribution is 7.89. The minimum atomic E-state index is -3.69. The fourth-order valence-electron chi connectivity index (χ4n) is 3.77. The molecule has 1 aromatic heterocycles. The van der Waals surface area contributed by atoms with E-state index in [9.17, 15) is 13.2 Å². The topological polar surface area (TPSA) is 107 Å².